The molecule has 0 aliphatic heterocycles. The third-order valence-corrected chi connectivity index (χ3v) is 2.48. The Morgan fingerprint density at radius 3 is 2.59 bits per heavy atom. The average molecular weight is 247 g/mol. The highest BCUT2D eigenvalue weighted by atomic mass is 16.5. The molecule has 1 N–H and O–H groups in total. The Labute approximate surface area is 106 Å². The van der Waals surface area contributed by atoms with Gasteiger partial charge in [0.2, 0.25) is 0 Å². The third-order valence-electron chi connectivity index (χ3n) is 2.48. The molecule has 0 fully saturated rings. The van der Waals surface area contributed by atoms with Gasteiger partial charge < -0.3 is 19.5 Å². The summed E-state index contributed by atoms with van der Waals surface area (Å²) in [7, 11) is 1.68. The molecular formula is C13H29NO3. The molecule has 1 unspecified atom stereocenters. The minimum absolute atomic E-state index is 0.354. The fourth-order valence-electron chi connectivity index (χ4n) is 1.46. The fourth-order valence-corrected chi connectivity index (χ4v) is 1.46. The second-order valence-electron chi connectivity index (χ2n) is 4.14. The van der Waals surface area contributed by atoms with Crippen LogP contribution in [0.25, 0.3) is 0 Å². The molecule has 4 heteroatoms. The first-order valence-electron chi connectivity index (χ1n) is 6.70. The van der Waals surface area contributed by atoms with Crippen LogP contribution in [0.2, 0.25) is 0 Å². The molecule has 17 heavy (non-hydrogen) atoms. The van der Waals surface area contributed by atoms with Crippen LogP contribution in [0.15, 0.2) is 0 Å². The predicted molar refractivity (Wildman–Crippen MR) is 70.5 cm³/mol. The van der Waals surface area contributed by atoms with Crippen molar-refractivity contribution in [3.63, 3.8) is 0 Å². The summed E-state index contributed by atoms with van der Waals surface area (Å²) in [4.78, 5) is 0. The molecule has 0 aliphatic rings. The first kappa shape index (κ1) is 16.8. The van der Waals surface area contributed by atoms with Crippen LogP contribution < -0.4 is 5.32 Å². The molecule has 0 aromatic carbocycles. The zero-order chi connectivity index (χ0) is 12.8. The highest BCUT2D eigenvalue weighted by Gasteiger charge is 2.01. The Morgan fingerprint density at radius 2 is 1.88 bits per heavy atom. The van der Waals surface area contributed by atoms with E-state index in [1.807, 2.05) is 0 Å². The van der Waals surface area contributed by atoms with E-state index in [9.17, 15) is 0 Å². The largest absolute Gasteiger partial charge is 0.382 e. The number of rotatable bonds is 13. The Morgan fingerprint density at radius 1 is 1.06 bits per heavy atom. The van der Waals surface area contributed by atoms with Gasteiger partial charge in [0.15, 0.2) is 0 Å². The standard InChI is InChI=1S/C13H29NO3/c1-4-14-8-5-7-13(2)17-10-6-9-16-12-11-15-3/h13-14H,4-12H2,1-3H3. The first-order chi connectivity index (χ1) is 8.31. The molecule has 0 spiro atoms. The van der Waals surface area contributed by atoms with E-state index in [0.717, 1.165) is 39.1 Å². The van der Waals surface area contributed by atoms with Crippen LogP contribution >= 0.6 is 0 Å². The SMILES string of the molecule is CCNCCCC(C)OCCCOCCOC. The molecule has 0 radical (unpaired) electrons. The monoisotopic (exact) mass is 247 g/mol. The predicted octanol–water partition coefficient (Wildman–Crippen LogP) is 1.83. The summed E-state index contributed by atoms with van der Waals surface area (Å²) in [5, 5.41) is 3.31. The van der Waals surface area contributed by atoms with E-state index < -0.39 is 0 Å². The van der Waals surface area contributed by atoms with Gasteiger partial charge in [-0.05, 0) is 39.3 Å². The minimum Gasteiger partial charge on any atom is -0.382 e. The maximum atomic E-state index is 5.69. The van der Waals surface area contributed by atoms with E-state index in [2.05, 4.69) is 19.2 Å². The van der Waals surface area contributed by atoms with Gasteiger partial charge in [0.05, 0.1) is 19.3 Å². The van der Waals surface area contributed by atoms with Crippen LogP contribution in [0.3, 0.4) is 0 Å². The summed E-state index contributed by atoms with van der Waals surface area (Å²) in [5.41, 5.74) is 0. The van der Waals surface area contributed by atoms with Gasteiger partial charge in [-0.3, -0.25) is 0 Å². The van der Waals surface area contributed by atoms with Crippen molar-refractivity contribution in [3.05, 3.63) is 0 Å². The van der Waals surface area contributed by atoms with E-state index in [1.165, 1.54) is 6.42 Å². The molecule has 1 atom stereocenters. The lowest BCUT2D eigenvalue weighted by molar-refractivity contribution is 0.0269. The first-order valence-corrected chi connectivity index (χ1v) is 6.70. The van der Waals surface area contributed by atoms with Gasteiger partial charge >= 0.3 is 0 Å². The molecule has 0 aromatic rings. The fraction of sp³-hybridized carbons (Fsp3) is 1.00. The van der Waals surface area contributed by atoms with E-state index in [1.54, 1.807) is 7.11 Å². The van der Waals surface area contributed by atoms with Crippen molar-refractivity contribution in [2.24, 2.45) is 0 Å². The van der Waals surface area contributed by atoms with Crippen LogP contribution in [-0.4, -0.2) is 52.7 Å². The topological polar surface area (TPSA) is 39.7 Å². The summed E-state index contributed by atoms with van der Waals surface area (Å²) in [6.45, 7) is 9.29. The lowest BCUT2D eigenvalue weighted by Gasteiger charge is -2.13. The quantitative estimate of drug-likeness (QED) is 0.504. The van der Waals surface area contributed by atoms with Gasteiger partial charge in [-0.2, -0.15) is 0 Å². The summed E-state index contributed by atoms with van der Waals surface area (Å²) in [6, 6.07) is 0. The molecule has 0 aliphatic carbocycles. The molecule has 0 amide bonds. The smallest absolute Gasteiger partial charge is 0.0700 e. The zero-order valence-corrected chi connectivity index (χ0v) is 11.7. The molecule has 104 valence electrons. The van der Waals surface area contributed by atoms with Crippen molar-refractivity contribution in [3.8, 4) is 0 Å². The maximum absolute atomic E-state index is 5.69. The van der Waals surface area contributed by atoms with Gasteiger partial charge in [-0.15, -0.1) is 0 Å². The van der Waals surface area contributed by atoms with Crippen molar-refractivity contribution in [2.75, 3.05) is 46.6 Å². The van der Waals surface area contributed by atoms with E-state index in [-0.39, 0.29) is 0 Å². The highest BCUT2D eigenvalue weighted by Crippen LogP contribution is 2.01. The van der Waals surface area contributed by atoms with Crippen molar-refractivity contribution in [1.29, 1.82) is 0 Å². The minimum atomic E-state index is 0.354. The van der Waals surface area contributed by atoms with Crippen molar-refractivity contribution >= 4 is 0 Å². The summed E-state index contributed by atoms with van der Waals surface area (Å²) < 4.78 is 15.9. The lowest BCUT2D eigenvalue weighted by atomic mass is 10.2. The summed E-state index contributed by atoms with van der Waals surface area (Å²) >= 11 is 0. The second kappa shape index (κ2) is 13.9. The van der Waals surface area contributed by atoms with E-state index >= 15 is 0 Å². The molecule has 0 bridgehead atoms. The van der Waals surface area contributed by atoms with Gasteiger partial charge in [0, 0.05) is 20.3 Å². The molecule has 0 saturated heterocycles. The molecule has 0 aromatic heterocycles. The van der Waals surface area contributed by atoms with Gasteiger partial charge in [0.25, 0.3) is 0 Å². The van der Waals surface area contributed by atoms with Crippen molar-refractivity contribution in [2.45, 2.75) is 39.2 Å². The van der Waals surface area contributed by atoms with Crippen LogP contribution in [0, 0.1) is 0 Å². The van der Waals surface area contributed by atoms with Crippen LogP contribution in [0.1, 0.15) is 33.1 Å². The number of nitrogens with one attached hydrogen (secondary N) is 1. The lowest BCUT2D eigenvalue weighted by Crippen LogP contribution is -2.17. The Balaban J connectivity index is 3.08. The van der Waals surface area contributed by atoms with Crippen molar-refractivity contribution < 1.29 is 14.2 Å². The van der Waals surface area contributed by atoms with Crippen LogP contribution in [0.5, 0.6) is 0 Å². The van der Waals surface area contributed by atoms with Crippen LogP contribution in [-0.2, 0) is 14.2 Å². The normalized spacial score (nSPS) is 12.9. The number of hydrogen-bond acceptors (Lipinski definition) is 4. The Hall–Kier alpha value is -0.160. The maximum Gasteiger partial charge on any atom is 0.0700 e. The third kappa shape index (κ3) is 13.8. The van der Waals surface area contributed by atoms with Crippen LogP contribution in [0.4, 0.5) is 0 Å². The summed E-state index contributed by atoms with van der Waals surface area (Å²) in [5.74, 6) is 0. The number of methoxy groups -OCH3 is 1. The summed E-state index contributed by atoms with van der Waals surface area (Å²) in [6.07, 6.45) is 3.62. The van der Waals surface area contributed by atoms with E-state index in [0.29, 0.717) is 19.3 Å². The molecule has 0 saturated carbocycles. The molecule has 4 nitrogen and oxygen atoms in total. The Kier molecular flexibility index (Phi) is 13.8. The Bertz CT molecular complexity index is 145. The van der Waals surface area contributed by atoms with Gasteiger partial charge in [-0.1, -0.05) is 6.92 Å². The highest BCUT2D eigenvalue weighted by molar-refractivity contribution is 4.53. The second-order valence-corrected chi connectivity index (χ2v) is 4.14. The number of ether oxygens (including phenoxy) is 3. The van der Waals surface area contributed by atoms with Gasteiger partial charge in [0.1, 0.15) is 0 Å². The molecular weight excluding hydrogens is 218 g/mol. The van der Waals surface area contributed by atoms with Crippen molar-refractivity contribution in [1.82, 2.24) is 5.32 Å². The average Bonchev–Trinajstić information content (AvgIpc) is 2.33. The number of hydrogen-bond donors (Lipinski definition) is 1. The molecule has 0 heterocycles. The molecule has 0 rings (SSSR count). The zero-order valence-electron chi connectivity index (χ0n) is 11.7. The van der Waals surface area contributed by atoms with Gasteiger partial charge in [-0.25, -0.2) is 0 Å². The van der Waals surface area contributed by atoms with E-state index in [4.69, 9.17) is 14.2 Å².